The van der Waals surface area contributed by atoms with E-state index in [9.17, 15) is 17.2 Å². The Labute approximate surface area is 127 Å². The van der Waals surface area contributed by atoms with Crippen LogP contribution in [0.25, 0.3) is 0 Å². The molecule has 1 N–H and O–H groups in total. The van der Waals surface area contributed by atoms with E-state index < -0.39 is 26.6 Å². The predicted octanol–water partition coefficient (Wildman–Crippen LogP) is 2.16. The lowest BCUT2D eigenvalue weighted by atomic mass is 10.2. The number of halogens is 2. The largest absolute Gasteiger partial charge is 0.381 e. The second kappa shape index (κ2) is 7.53. The van der Waals surface area contributed by atoms with Gasteiger partial charge in [0.05, 0.1) is 0 Å². The van der Waals surface area contributed by atoms with Crippen molar-refractivity contribution in [1.29, 1.82) is 0 Å². The van der Waals surface area contributed by atoms with Gasteiger partial charge in [-0.25, -0.2) is 21.9 Å². The van der Waals surface area contributed by atoms with Crippen LogP contribution in [0.15, 0.2) is 23.1 Å². The molecule has 0 aromatic heterocycles. The van der Waals surface area contributed by atoms with Crippen LogP contribution in [-0.2, 0) is 14.8 Å². The van der Waals surface area contributed by atoms with Crippen molar-refractivity contribution < 1.29 is 21.9 Å². The fourth-order valence-corrected chi connectivity index (χ4v) is 4.43. The topological polar surface area (TPSA) is 55.4 Å². The molecule has 4 nitrogen and oxygen atoms in total. The predicted molar refractivity (Wildman–Crippen MR) is 77.8 cm³/mol. The van der Waals surface area contributed by atoms with E-state index in [0.717, 1.165) is 44.3 Å². The smallest absolute Gasteiger partial charge is 0.246 e. The third kappa shape index (κ3) is 4.64. The molecule has 0 bridgehead atoms. The molecule has 0 atom stereocenters. The number of thioether (sulfide) groups is 1. The van der Waals surface area contributed by atoms with E-state index in [1.54, 1.807) is 11.8 Å². The van der Waals surface area contributed by atoms with Crippen LogP contribution in [0, 0.1) is 11.6 Å². The maximum atomic E-state index is 13.5. The van der Waals surface area contributed by atoms with E-state index in [4.69, 9.17) is 4.74 Å². The molecule has 1 heterocycles. The number of ether oxygens (including phenoxy) is 1. The Hall–Kier alpha value is -0.700. The van der Waals surface area contributed by atoms with E-state index in [-0.39, 0.29) is 6.54 Å². The SMILES string of the molecule is O=S(=O)(NCCSC1CCOCC1)c1c(F)cccc1F. The monoisotopic (exact) mass is 337 g/mol. The molecule has 1 aromatic rings. The van der Waals surface area contributed by atoms with Crippen LogP contribution >= 0.6 is 11.8 Å². The summed E-state index contributed by atoms with van der Waals surface area (Å²) >= 11 is 1.65. The van der Waals surface area contributed by atoms with Crippen molar-refractivity contribution in [2.24, 2.45) is 0 Å². The Kier molecular flexibility index (Phi) is 5.98. The van der Waals surface area contributed by atoms with Gasteiger partial charge >= 0.3 is 0 Å². The number of sulfonamides is 1. The number of nitrogens with one attached hydrogen (secondary N) is 1. The van der Waals surface area contributed by atoms with Crippen molar-refractivity contribution in [2.45, 2.75) is 23.0 Å². The summed E-state index contributed by atoms with van der Waals surface area (Å²) in [6.45, 7) is 1.59. The van der Waals surface area contributed by atoms with Gasteiger partial charge in [0, 0.05) is 30.8 Å². The summed E-state index contributed by atoms with van der Waals surface area (Å²) in [4.78, 5) is -0.916. The van der Waals surface area contributed by atoms with Crippen molar-refractivity contribution >= 4 is 21.8 Å². The van der Waals surface area contributed by atoms with E-state index in [1.807, 2.05) is 0 Å². The minimum atomic E-state index is -4.16. The Morgan fingerprint density at radius 2 is 1.86 bits per heavy atom. The van der Waals surface area contributed by atoms with Crippen LogP contribution in [-0.4, -0.2) is 39.2 Å². The minimum Gasteiger partial charge on any atom is -0.381 e. The van der Waals surface area contributed by atoms with E-state index in [0.29, 0.717) is 11.0 Å². The van der Waals surface area contributed by atoms with Gasteiger partial charge < -0.3 is 4.74 Å². The third-order valence-corrected chi connectivity index (χ3v) is 6.00. The van der Waals surface area contributed by atoms with Crippen LogP contribution in [0.1, 0.15) is 12.8 Å². The molecule has 21 heavy (non-hydrogen) atoms. The number of hydrogen-bond acceptors (Lipinski definition) is 4. The highest BCUT2D eigenvalue weighted by Gasteiger charge is 2.23. The van der Waals surface area contributed by atoms with Gasteiger partial charge in [0.2, 0.25) is 10.0 Å². The Balaban J connectivity index is 1.86. The molecular weight excluding hydrogens is 320 g/mol. The van der Waals surface area contributed by atoms with Crippen molar-refractivity contribution in [1.82, 2.24) is 4.72 Å². The summed E-state index contributed by atoms with van der Waals surface area (Å²) in [5, 5.41) is 0.452. The fraction of sp³-hybridized carbons (Fsp3) is 0.538. The van der Waals surface area contributed by atoms with Gasteiger partial charge in [-0.3, -0.25) is 0 Å². The summed E-state index contributed by atoms with van der Waals surface area (Å²) in [5.74, 6) is -1.61. The van der Waals surface area contributed by atoms with Crippen LogP contribution in [0.5, 0.6) is 0 Å². The van der Waals surface area contributed by atoms with Crippen LogP contribution in [0.2, 0.25) is 0 Å². The molecule has 0 aliphatic carbocycles. The molecule has 1 aromatic carbocycles. The second-order valence-electron chi connectivity index (χ2n) is 4.63. The van der Waals surface area contributed by atoms with E-state index in [2.05, 4.69) is 4.72 Å². The van der Waals surface area contributed by atoms with Gasteiger partial charge in [-0.1, -0.05) is 6.07 Å². The lowest BCUT2D eigenvalue weighted by Crippen LogP contribution is -2.28. The van der Waals surface area contributed by atoms with Gasteiger partial charge in [-0.15, -0.1) is 0 Å². The van der Waals surface area contributed by atoms with Crippen LogP contribution in [0.3, 0.4) is 0 Å². The maximum absolute atomic E-state index is 13.5. The molecule has 0 spiro atoms. The molecule has 8 heteroatoms. The van der Waals surface area contributed by atoms with Gasteiger partial charge in [0.15, 0.2) is 4.90 Å². The lowest BCUT2D eigenvalue weighted by molar-refractivity contribution is 0.100. The first-order valence-corrected chi connectivity index (χ1v) is 9.17. The highest BCUT2D eigenvalue weighted by Crippen LogP contribution is 2.22. The molecule has 0 unspecified atom stereocenters. The first kappa shape index (κ1) is 16.7. The first-order valence-electron chi connectivity index (χ1n) is 6.64. The summed E-state index contributed by atoms with van der Waals surface area (Å²) in [6.07, 6.45) is 1.89. The van der Waals surface area contributed by atoms with Gasteiger partial charge in [-0.2, -0.15) is 11.8 Å². The summed E-state index contributed by atoms with van der Waals surface area (Å²) in [6, 6.07) is 2.98. The van der Waals surface area contributed by atoms with Gasteiger partial charge in [0.1, 0.15) is 11.6 Å². The quantitative estimate of drug-likeness (QED) is 0.808. The molecular formula is C13H17F2NO3S2. The zero-order chi connectivity index (χ0) is 15.3. The molecule has 118 valence electrons. The van der Waals surface area contributed by atoms with Crippen molar-refractivity contribution in [2.75, 3.05) is 25.5 Å². The van der Waals surface area contributed by atoms with E-state index >= 15 is 0 Å². The average molecular weight is 337 g/mol. The zero-order valence-electron chi connectivity index (χ0n) is 11.3. The number of benzene rings is 1. The zero-order valence-corrected chi connectivity index (χ0v) is 13.0. The van der Waals surface area contributed by atoms with E-state index in [1.165, 1.54) is 0 Å². The molecule has 1 fully saturated rings. The molecule has 1 aliphatic rings. The van der Waals surface area contributed by atoms with Crippen molar-refractivity contribution in [3.63, 3.8) is 0 Å². The van der Waals surface area contributed by atoms with Crippen molar-refractivity contribution in [3.05, 3.63) is 29.8 Å². The number of hydrogen-bond donors (Lipinski definition) is 1. The van der Waals surface area contributed by atoms with Gasteiger partial charge in [0.25, 0.3) is 0 Å². The second-order valence-corrected chi connectivity index (χ2v) is 7.74. The Morgan fingerprint density at radius 1 is 1.24 bits per heavy atom. The molecule has 2 rings (SSSR count). The molecule has 1 saturated heterocycles. The average Bonchev–Trinajstić information content (AvgIpc) is 2.44. The van der Waals surface area contributed by atoms with Crippen LogP contribution in [0.4, 0.5) is 8.78 Å². The summed E-state index contributed by atoms with van der Waals surface area (Å²) in [7, 11) is -4.16. The van der Waals surface area contributed by atoms with Crippen molar-refractivity contribution in [3.8, 4) is 0 Å². The molecule has 0 amide bonds. The Bertz CT molecular complexity index is 555. The summed E-state index contributed by atoms with van der Waals surface area (Å²) < 4.78 is 58.2. The highest BCUT2D eigenvalue weighted by molar-refractivity contribution is 8.00. The van der Waals surface area contributed by atoms with Gasteiger partial charge in [-0.05, 0) is 25.0 Å². The normalized spacial score (nSPS) is 17.0. The third-order valence-electron chi connectivity index (χ3n) is 3.10. The lowest BCUT2D eigenvalue weighted by Gasteiger charge is -2.21. The fourth-order valence-electron chi connectivity index (χ4n) is 2.06. The Morgan fingerprint density at radius 3 is 2.48 bits per heavy atom. The standard InChI is InChI=1S/C13H17F2NO3S2/c14-11-2-1-3-12(15)13(11)21(17,18)16-6-9-20-10-4-7-19-8-5-10/h1-3,10,16H,4-9H2. The van der Waals surface area contributed by atoms with Crippen LogP contribution < -0.4 is 4.72 Å². The summed E-state index contributed by atoms with van der Waals surface area (Å²) in [5.41, 5.74) is 0. The highest BCUT2D eigenvalue weighted by atomic mass is 32.2. The molecule has 0 saturated carbocycles. The molecule has 0 radical (unpaired) electrons. The number of rotatable bonds is 6. The molecule has 1 aliphatic heterocycles. The maximum Gasteiger partial charge on any atom is 0.246 e. The first-order chi connectivity index (χ1) is 10.0. The minimum absolute atomic E-state index is 0.137.